The molecule has 0 aliphatic heterocycles. The molecule has 2 aromatic carbocycles. The quantitative estimate of drug-likeness (QED) is 0.444. The van der Waals surface area contributed by atoms with Crippen molar-refractivity contribution in [3.8, 4) is 5.75 Å². The van der Waals surface area contributed by atoms with Gasteiger partial charge in [0.1, 0.15) is 5.75 Å². The summed E-state index contributed by atoms with van der Waals surface area (Å²) in [7, 11) is 0. The predicted octanol–water partition coefficient (Wildman–Crippen LogP) is 4.94. The van der Waals surface area contributed by atoms with Crippen LogP contribution in [0.25, 0.3) is 6.08 Å². The lowest BCUT2D eigenvalue weighted by atomic mass is 10.1. The minimum atomic E-state index is -0.304. The fourth-order valence-electron chi connectivity index (χ4n) is 1.84. The van der Waals surface area contributed by atoms with Crippen LogP contribution in [-0.4, -0.2) is 5.97 Å². The van der Waals surface area contributed by atoms with Crippen molar-refractivity contribution in [1.29, 1.82) is 0 Å². The van der Waals surface area contributed by atoms with Gasteiger partial charge < -0.3 is 4.74 Å². The van der Waals surface area contributed by atoms with E-state index in [1.807, 2.05) is 23.6 Å². The molecule has 0 aliphatic rings. The molecule has 0 N–H and O–H groups in total. The summed E-state index contributed by atoms with van der Waals surface area (Å²) in [5.41, 5.74) is 2.49. The van der Waals surface area contributed by atoms with E-state index in [4.69, 9.17) is 4.74 Å². The monoisotopic (exact) mass is 298 g/mol. The molecule has 0 aliphatic carbocycles. The molecule has 108 valence electrons. The molecule has 0 aromatic heterocycles. The topological polar surface area (TPSA) is 26.3 Å². The Morgan fingerprint density at radius 1 is 1.14 bits per heavy atom. The summed E-state index contributed by atoms with van der Waals surface area (Å²) in [6.45, 7) is 3.55. The van der Waals surface area contributed by atoms with Crippen molar-refractivity contribution in [3.63, 3.8) is 0 Å². The Hall–Kier alpha value is -2.00. The number of esters is 1. The molecule has 3 heteroatoms. The maximum atomic E-state index is 11.1. The first-order valence-corrected chi connectivity index (χ1v) is 7.76. The molecule has 2 nitrogen and oxygen atoms in total. The summed E-state index contributed by atoms with van der Waals surface area (Å²) in [5, 5.41) is 2.00. The standard InChI is InChI=1S/C18H18O2S/c1-3-15-8-10-16(11-9-15)12-13-21-18-7-5-4-6-17(18)20-14(2)19/h4-13H,3H2,1-2H3. The Bertz CT molecular complexity index is 630. The lowest BCUT2D eigenvalue weighted by Gasteiger charge is -2.05. The van der Waals surface area contributed by atoms with Crippen molar-refractivity contribution in [2.24, 2.45) is 0 Å². The van der Waals surface area contributed by atoms with Crippen LogP contribution in [0, 0.1) is 0 Å². The number of hydrogen-bond acceptors (Lipinski definition) is 3. The number of benzene rings is 2. The summed E-state index contributed by atoms with van der Waals surface area (Å²) < 4.78 is 5.18. The van der Waals surface area contributed by atoms with Crippen LogP contribution in [0.5, 0.6) is 5.75 Å². The van der Waals surface area contributed by atoms with Gasteiger partial charge in [0.25, 0.3) is 0 Å². The van der Waals surface area contributed by atoms with Gasteiger partial charge in [-0.3, -0.25) is 4.79 Å². The SMILES string of the molecule is CCc1ccc(C=CSc2ccccc2OC(C)=O)cc1. The van der Waals surface area contributed by atoms with Crippen molar-refractivity contribution < 1.29 is 9.53 Å². The molecule has 21 heavy (non-hydrogen) atoms. The zero-order valence-corrected chi connectivity index (χ0v) is 13.0. The number of para-hydroxylation sites is 1. The highest BCUT2D eigenvalue weighted by Crippen LogP contribution is 2.30. The molecule has 0 radical (unpaired) electrons. The van der Waals surface area contributed by atoms with E-state index in [1.54, 1.807) is 6.07 Å². The van der Waals surface area contributed by atoms with Crippen LogP contribution < -0.4 is 4.74 Å². The van der Waals surface area contributed by atoms with Crippen molar-refractivity contribution >= 4 is 23.8 Å². The summed E-state index contributed by atoms with van der Waals surface area (Å²) >= 11 is 1.54. The van der Waals surface area contributed by atoms with Crippen LogP contribution in [0.2, 0.25) is 0 Å². The summed E-state index contributed by atoms with van der Waals surface area (Å²) in [4.78, 5) is 12.0. The molecular weight excluding hydrogens is 280 g/mol. The lowest BCUT2D eigenvalue weighted by molar-refractivity contribution is -0.132. The van der Waals surface area contributed by atoms with Gasteiger partial charge in [0.2, 0.25) is 0 Å². The molecule has 0 heterocycles. The first-order chi connectivity index (χ1) is 10.2. The molecule has 0 saturated carbocycles. The third-order valence-electron chi connectivity index (χ3n) is 2.95. The maximum absolute atomic E-state index is 11.1. The molecule has 2 aromatic rings. The van der Waals surface area contributed by atoms with Gasteiger partial charge >= 0.3 is 5.97 Å². The zero-order valence-electron chi connectivity index (χ0n) is 12.2. The highest BCUT2D eigenvalue weighted by atomic mass is 32.2. The Morgan fingerprint density at radius 2 is 1.86 bits per heavy atom. The van der Waals surface area contributed by atoms with Crippen LogP contribution in [0.3, 0.4) is 0 Å². The highest BCUT2D eigenvalue weighted by Gasteiger charge is 2.04. The molecule has 0 spiro atoms. The summed E-state index contributed by atoms with van der Waals surface area (Å²) in [6, 6.07) is 16.0. The molecule has 0 bridgehead atoms. The molecule has 0 fully saturated rings. The number of carbonyl (C=O) groups excluding carboxylic acids is 1. The normalized spacial score (nSPS) is 10.8. The van der Waals surface area contributed by atoms with Crippen LogP contribution in [0.15, 0.2) is 58.8 Å². The zero-order chi connectivity index (χ0) is 15.1. The van der Waals surface area contributed by atoms with Gasteiger partial charge in [0.15, 0.2) is 0 Å². The Kier molecular flexibility index (Phi) is 5.64. The van der Waals surface area contributed by atoms with Crippen LogP contribution >= 0.6 is 11.8 Å². The van der Waals surface area contributed by atoms with Gasteiger partial charge in [-0.15, -0.1) is 0 Å². The number of hydrogen-bond donors (Lipinski definition) is 0. The first-order valence-electron chi connectivity index (χ1n) is 6.88. The smallest absolute Gasteiger partial charge is 0.308 e. The minimum absolute atomic E-state index is 0.304. The largest absolute Gasteiger partial charge is 0.426 e. The van der Waals surface area contributed by atoms with E-state index in [0.717, 1.165) is 16.9 Å². The number of ether oxygens (including phenoxy) is 1. The number of aryl methyl sites for hydroxylation is 1. The van der Waals surface area contributed by atoms with E-state index in [9.17, 15) is 4.79 Å². The fourth-order valence-corrected chi connectivity index (χ4v) is 2.59. The van der Waals surface area contributed by atoms with Crippen LogP contribution in [0.4, 0.5) is 0 Å². The maximum Gasteiger partial charge on any atom is 0.308 e. The van der Waals surface area contributed by atoms with E-state index in [2.05, 4.69) is 37.3 Å². The highest BCUT2D eigenvalue weighted by molar-refractivity contribution is 8.02. The van der Waals surface area contributed by atoms with E-state index >= 15 is 0 Å². The van der Waals surface area contributed by atoms with E-state index in [0.29, 0.717) is 5.75 Å². The van der Waals surface area contributed by atoms with Gasteiger partial charge in [0, 0.05) is 6.92 Å². The number of rotatable bonds is 5. The second-order valence-corrected chi connectivity index (χ2v) is 5.50. The molecule has 0 atom stereocenters. The van der Waals surface area contributed by atoms with Gasteiger partial charge in [-0.2, -0.15) is 0 Å². The van der Waals surface area contributed by atoms with E-state index in [-0.39, 0.29) is 5.97 Å². The molecule has 2 rings (SSSR count). The first kappa shape index (κ1) is 15.4. The third-order valence-corrected chi connectivity index (χ3v) is 3.81. The molecule has 0 saturated heterocycles. The van der Waals surface area contributed by atoms with Crippen molar-refractivity contribution in [1.82, 2.24) is 0 Å². The second kappa shape index (κ2) is 7.70. The summed E-state index contributed by atoms with van der Waals surface area (Å²) in [5.74, 6) is 0.295. The average molecular weight is 298 g/mol. The second-order valence-electron chi connectivity index (χ2n) is 4.56. The Labute approximate surface area is 129 Å². The van der Waals surface area contributed by atoms with E-state index in [1.165, 1.54) is 24.2 Å². The Balaban J connectivity index is 2.04. The van der Waals surface area contributed by atoms with Crippen molar-refractivity contribution in [2.45, 2.75) is 25.2 Å². The molecule has 0 amide bonds. The Morgan fingerprint density at radius 3 is 2.52 bits per heavy atom. The fraction of sp³-hybridized carbons (Fsp3) is 0.167. The average Bonchev–Trinajstić information content (AvgIpc) is 2.49. The lowest BCUT2D eigenvalue weighted by Crippen LogP contribution is -2.01. The van der Waals surface area contributed by atoms with Gasteiger partial charge in [0.05, 0.1) is 4.90 Å². The van der Waals surface area contributed by atoms with Gasteiger partial charge in [-0.25, -0.2) is 0 Å². The minimum Gasteiger partial charge on any atom is -0.426 e. The predicted molar refractivity (Wildman–Crippen MR) is 88.5 cm³/mol. The van der Waals surface area contributed by atoms with Gasteiger partial charge in [-0.05, 0) is 41.2 Å². The molecular formula is C18H18O2S. The summed E-state index contributed by atoms with van der Waals surface area (Å²) in [6.07, 6.45) is 3.10. The van der Waals surface area contributed by atoms with Crippen molar-refractivity contribution in [3.05, 3.63) is 65.1 Å². The number of carbonyl (C=O) groups is 1. The number of thioether (sulfide) groups is 1. The van der Waals surface area contributed by atoms with Gasteiger partial charge in [-0.1, -0.05) is 55.1 Å². The third kappa shape index (κ3) is 4.80. The van der Waals surface area contributed by atoms with E-state index < -0.39 is 0 Å². The van der Waals surface area contributed by atoms with Crippen LogP contribution in [-0.2, 0) is 11.2 Å². The van der Waals surface area contributed by atoms with Crippen LogP contribution in [0.1, 0.15) is 25.0 Å². The molecule has 0 unspecified atom stereocenters. The van der Waals surface area contributed by atoms with Crippen molar-refractivity contribution in [2.75, 3.05) is 0 Å².